The third-order valence-electron chi connectivity index (χ3n) is 2.86. The fourth-order valence-electron chi connectivity index (χ4n) is 1.55. The van der Waals surface area contributed by atoms with Gasteiger partial charge < -0.3 is 20.4 Å². The molecule has 18 heavy (non-hydrogen) atoms. The Morgan fingerprint density at radius 1 is 0.778 bits per heavy atom. The summed E-state index contributed by atoms with van der Waals surface area (Å²) in [5, 5.41) is 5.57. The van der Waals surface area contributed by atoms with Gasteiger partial charge in [0.05, 0.1) is 0 Å². The van der Waals surface area contributed by atoms with Crippen molar-refractivity contribution in [3.63, 3.8) is 0 Å². The number of urea groups is 2. The van der Waals surface area contributed by atoms with Gasteiger partial charge in [0.25, 0.3) is 0 Å². The van der Waals surface area contributed by atoms with Crippen molar-refractivity contribution in [1.82, 2.24) is 9.80 Å². The van der Waals surface area contributed by atoms with E-state index in [0.717, 1.165) is 37.6 Å². The standard InChI is InChI=1S/C12H14N4O2/c17-11(15-5-6-15)13-9-1-2-10(4-3-9)14-12(18)16-7-8-16/h1-4H,5-8H2,(H,13,17)(H,14,18). The number of nitrogens with zero attached hydrogens (tertiary/aromatic N) is 2. The second-order valence-corrected chi connectivity index (χ2v) is 4.41. The molecule has 6 heteroatoms. The van der Waals surface area contributed by atoms with Crippen LogP contribution in [-0.4, -0.2) is 48.0 Å². The van der Waals surface area contributed by atoms with Crippen LogP contribution in [0.15, 0.2) is 24.3 Å². The molecule has 0 aliphatic carbocycles. The SMILES string of the molecule is O=C(Nc1ccc(NC(=O)N2CC2)cc1)N1CC1. The maximum atomic E-state index is 11.5. The topological polar surface area (TPSA) is 64.2 Å². The van der Waals surface area contributed by atoms with E-state index >= 15 is 0 Å². The van der Waals surface area contributed by atoms with Crippen molar-refractivity contribution in [3.05, 3.63) is 24.3 Å². The predicted octanol–water partition coefficient (Wildman–Crippen LogP) is 1.38. The Kier molecular flexibility index (Phi) is 2.55. The van der Waals surface area contributed by atoms with Crippen LogP contribution in [0.2, 0.25) is 0 Å². The number of hydrogen-bond donors (Lipinski definition) is 2. The first-order valence-corrected chi connectivity index (χ1v) is 5.94. The molecule has 0 saturated carbocycles. The number of rotatable bonds is 2. The van der Waals surface area contributed by atoms with Crippen LogP contribution in [-0.2, 0) is 0 Å². The van der Waals surface area contributed by atoms with Gasteiger partial charge in [0.1, 0.15) is 0 Å². The van der Waals surface area contributed by atoms with E-state index in [0.29, 0.717) is 0 Å². The van der Waals surface area contributed by atoms with Crippen molar-refractivity contribution in [2.45, 2.75) is 0 Å². The molecule has 0 spiro atoms. The number of benzene rings is 1. The van der Waals surface area contributed by atoms with Gasteiger partial charge >= 0.3 is 12.1 Å². The molecule has 2 saturated heterocycles. The zero-order valence-corrected chi connectivity index (χ0v) is 9.85. The van der Waals surface area contributed by atoms with E-state index in [1.165, 1.54) is 0 Å². The minimum absolute atomic E-state index is 0.0733. The Morgan fingerprint density at radius 3 is 1.39 bits per heavy atom. The fraction of sp³-hybridized carbons (Fsp3) is 0.333. The number of carbonyl (C=O) groups is 2. The van der Waals surface area contributed by atoms with Crippen LogP contribution >= 0.6 is 0 Å². The molecule has 2 aliphatic heterocycles. The second kappa shape index (κ2) is 4.21. The molecule has 0 aromatic heterocycles. The van der Waals surface area contributed by atoms with Crippen LogP contribution in [0.4, 0.5) is 21.0 Å². The van der Waals surface area contributed by atoms with Crippen molar-refractivity contribution in [2.75, 3.05) is 36.8 Å². The van der Waals surface area contributed by atoms with Gasteiger partial charge in [-0.15, -0.1) is 0 Å². The summed E-state index contributed by atoms with van der Waals surface area (Å²) in [4.78, 5) is 26.4. The lowest BCUT2D eigenvalue weighted by atomic mass is 10.3. The van der Waals surface area contributed by atoms with Gasteiger partial charge in [0.2, 0.25) is 0 Å². The van der Waals surface area contributed by atoms with Crippen molar-refractivity contribution in [2.24, 2.45) is 0 Å². The van der Waals surface area contributed by atoms with Crippen LogP contribution < -0.4 is 10.6 Å². The molecule has 1 aromatic carbocycles. The summed E-state index contributed by atoms with van der Waals surface area (Å²) in [5.41, 5.74) is 1.47. The molecule has 2 aliphatic rings. The Morgan fingerprint density at radius 2 is 1.11 bits per heavy atom. The third-order valence-corrected chi connectivity index (χ3v) is 2.86. The van der Waals surface area contributed by atoms with Gasteiger partial charge in [0.15, 0.2) is 0 Å². The molecule has 0 bridgehead atoms. The highest BCUT2D eigenvalue weighted by atomic mass is 16.2. The molecule has 4 amide bonds. The Balaban J connectivity index is 1.57. The molecule has 1 aromatic rings. The van der Waals surface area contributed by atoms with Gasteiger partial charge in [-0.25, -0.2) is 9.59 Å². The molecule has 3 rings (SSSR count). The minimum atomic E-state index is -0.0733. The van der Waals surface area contributed by atoms with E-state index in [1.54, 1.807) is 34.1 Å². The third kappa shape index (κ3) is 2.53. The quantitative estimate of drug-likeness (QED) is 0.774. The first kappa shape index (κ1) is 10.9. The zero-order valence-electron chi connectivity index (χ0n) is 9.85. The minimum Gasteiger partial charge on any atom is -0.321 e. The highest BCUT2D eigenvalue weighted by Crippen LogP contribution is 2.17. The highest BCUT2D eigenvalue weighted by Gasteiger charge is 2.24. The van der Waals surface area contributed by atoms with Crippen LogP contribution in [0.3, 0.4) is 0 Å². The van der Waals surface area contributed by atoms with E-state index in [1.807, 2.05) is 0 Å². The Bertz CT molecular complexity index is 432. The van der Waals surface area contributed by atoms with Crippen molar-refractivity contribution < 1.29 is 9.59 Å². The second-order valence-electron chi connectivity index (χ2n) is 4.41. The summed E-state index contributed by atoms with van der Waals surface area (Å²) in [6.45, 7) is 3.32. The maximum absolute atomic E-state index is 11.5. The first-order valence-electron chi connectivity index (χ1n) is 5.94. The van der Waals surface area contributed by atoms with Crippen LogP contribution in [0.1, 0.15) is 0 Å². The average molecular weight is 246 g/mol. The smallest absolute Gasteiger partial charge is 0.321 e. The lowest BCUT2D eigenvalue weighted by molar-refractivity contribution is 0.241. The van der Waals surface area contributed by atoms with E-state index in [4.69, 9.17) is 0 Å². The van der Waals surface area contributed by atoms with Gasteiger partial charge in [-0.3, -0.25) is 0 Å². The number of amides is 4. The number of nitrogens with one attached hydrogen (secondary N) is 2. The van der Waals surface area contributed by atoms with Crippen LogP contribution in [0.25, 0.3) is 0 Å². The summed E-state index contributed by atoms with van der Waals surface area (Å²) >= 11 is 0. The monoisotopic (exact) mass is 246 g/mol. The van der Waals surface area contributed by atoms with Gasteiger partial charge in [-0.2, -0.15) is 0 Å². The highest BCUT2D eigenvalue weighted by molar-refractivity contribution is 5.92. The predicted molar refractivity (Wildman–Crippen MR) is 67.6 cm³/mol. The Labute approximate surface area is 105 Å². The number of hydrogen-bond acceptors (Lipinski definition) is 2. The molecule has 0 radical (unpaired) electrons. The first-order chi connectivity index (χ1) is 8.72. The summed E-state index contributed by atoms with van der Waals surface area (Å²) < 4.78 is 0. The van der Waals surface area contributed by atoms with Crippen LogP contribution in [0, 0.1) is 0 Å². The summed E-state index contributed by atoms with van der Waals surface area (Å²) in [7, 11) is 0. The summed E-state index contributed by atoms with van der Waals surface area (Å²) in [6, 6.07) is 6.96. The summed E-state index contributed by atoms with van der Waals surface area (Å²) in [6.07, 6.45) is 0. The average Bonchev–Trinajstić information content (AvgIpc) is 3.22. The molecule has 6 nitrogen and oxygen atoms in total. The van der Waals surface area contributed by atoms with Crippen molar-refractivity contribution in [1.29, 1.82) is 0 Å². The van der Waals surface area contributed by atoms with Crippen molar-refractivity contribution >= 4 is 23.4 Å². The van der Waals surface area contributed by atoms with Gasteiger partial charge in [-0.1, -0.05) is 0 Å². The van der Waals surface area contributed by atoms with E-state index < -0.39 is 0 Å². The van der Waals surface area contributed by atoms with Gasteiger partial charge in [0, 0.05) is 37.6 Å². The van der Waals surface area contributed by atoms with Gasteiger partial charge in [-0.05, 0) is 24.3 Å². The fourth-order valence-corrected chi connectivity index (χ4v) is 1.55. The summed E-state index contributed by atoms with van der Waals surface area (Å²) in [5.74, 6) is 0. The molecule has 0 unspecified atom stereocenters. The van der Waals surface area contributed by atoms with Crippen LogP contribution in [0.5, 0.6) is 0 Å². The van der Waals surface area contributed by atoms with E-state index in [-0.39, 0.29) is 12.1 Å². The zero-order chi connectivity index (χ0) is 12.5. The molecule has 0 atom stereocenters. The molecular formula is C12H14N4O2. The maximum Gasteiger partial charge on any atom is 0.321 e. The molecular weight excluding hydrogens is 232 g/mol. The Hall–Kier alpha value is -2.24. The molecule has 94 valence electrons. The van der Waals surface area contributed by atoms with E-state index in [9.17, 15) is 9.59 Å². The normalized spacial score (nSPS) is 16.2. The lowest BCUT2D eigenvalue weighted by Crippen LogP contribution is -2.19. The number of anilines is 2. The number of carbonyl (C=O) groups excluding carboxylic acids is 2. The molecule has 2 heterocycles. The van der Waals surface area contributed by atoms with E-state index in [2.05, 4.69) is 10.6 Å². The van der Waals surface area contributed by atoms with Crippen molar-refractivity contribution in [3.8, 4) is 0 Å². The largest absolute Gasteiger partial charge is 0.321 e. The lowest BCUT2D eigenvalue weighted by Gasteiger charge is -2.08. The molecule has 2 fully saturated rings. The molecule has 2 N–H and O–H groups in total.